The van der Waals surface area contributed by atoms with Crippen molar-refractivity contribution in [2.45, 2.75) is 6.92 Å². The van der Waals surface area contributed by atoms with Crippen LogP contribution in [0.1, 0.15) is 5.56 Å². The molecule has 3 heteroatoms. The van der Waals surface area contributed by atoms with Crippen LogP contribution in [0.5, 0.6) is 11.5 Å². The molecule has 0 radical (unpaired) electrons. The van der Waals surface area contributed by atoms with Crippen LogP contribution in [-0.4, -0.2) is 14.2 Å². The Morgan fingerprint density at radius 3 is 2.15 bits per heavy atom. The molecule has 0 N–H and O–H groups in total. The standard InChI is InChI=1S/C17H16O3/c1-11-15-9-8-14(19-3)10-16(15)20-17(11)12-4-6-13(18-2)7-5-12/h4-10H,1-3H3. The molecule has 20 heavy (non-hydrogen) atoms. The maximum absolute atomic E-state index is 5.98. The Bertz CT molecular complexity index is 739. The number of methoxy groups -OCH3 is 2. The zero-order chi connectivity index (χ0) is 14.1. The lowest BCUT2D eigenvalue weighted by atomic mass is 10.1. The van der Waals surface area contributed by atoms with Crippen molar-refractivity contribution in [3.05, 3.63) is 48.0 Å². The van der Waals surface area contributed by atoms with Crippen molar-refractivity contribution in [1.82, 2.24) is 0 Å². The van der Waals surface area contributed by atoms with Gasteiger partial charge in [0.1, 0.15) is 22.8 Å². The zero-order valence-corrected chi connectivity index (χ0v) is 11.8. The van der Waals surface area contributed by atoms with E-state index in [1.54, 1.807) is 14.2 Å². The van der Waals surface area contributed by atoms with Crippen molar-refractivity contribution in [1.29, 1.82) is 0 Å². The Kier molecular flexibility index (Phi) is 3.11. The number of ether oxygens (including phenoxy) is 2. The minimum Gasteiger partial charge on any atom is -0.497 e. The SMILES string of the molecule is COc1ccc(-c2oc3cc(OC)ccc3c2C)cc1. The molecule has 2 aromatic carbocycles. The summed E-state index contributed by atoms with van der Waals surface area (Å²) < 4.78 is 16.4. The lowest BCUT2D eigenvalue weighted by Crippen LogP contribution is -1.82. The molecular weight excluding hydrogens is 252 g/mol. The normalized spacial score (nSPS) is 10.8. The molecule has 3 nitrogen and oxygen atoms in total. The number of benzene rings is 2. The fourth-order valence-electron chi connectivity index (χ4n) is 2.35. The highest BCUT2D eigenvalue weighted by Gasteiger charge is 2.13. The van der Waals surface area contributed by atoms with Crippen molar-refractivity contribution in [2.24, 2.45) is 0 Å². The monoisotopic (exact) mass is 268 g/mol. The molecular formula is C17H16O3. The first-order valence-electron chi connectivity index (χ1n) is 6.44. The Morgan fingerprint density at radius 1 is 0.850 bits per heavy atom. The molecule has 0 aliphatic carbocycles. The number of hydrogen-bond donors (Lipinski definition) is 0. The minimum absolute atomic E-state index is 0.799. The third kappa shape index (κ3) is 2.01. The van der Waals surface area contributed by atoms with Gasteiger partial charge in [0.05, 0.1) is 14.2 Å². The van der Waals surface area contributed by atoms with E-state index in [4.69, 9.17) is 13.9 Å². The topological polar surface area (TPSA) is 31.6 Å². The third-order valence-electron chi connectivity index (χ3n) is 3.50. The van der Waals surface area contributed by atoms with Gasteiger partial charge in [0.2, 0.25) is 0 Å². The second kappa shape index (κ2) is 4.93. The van der Waals surface area contributed by atoms with Gasteiger partial charge in [0.25, 0.3) is 0 Å². The molecule has 1 aromatic heterocycles. The fourth-order valence-corrected chi connectivity index (χ4v) is 2.35. The molecule has 3 rings (SSSR count). The molecule has 0 spiro atoms. The van der Waals surface area contributed by atoms with E-state index < -0.39 is 0 Å². The van der Waals surface area contributed by atoms with Gasteiger partial charge in [-0.1, -0.05) is 0 Å². The molecule has 1 heterocycles. The number of furan rings is 1. The van der Waals surface area contributed by atoms with Gasteiger partial charge in [-0.15, -0.1) is 0 Å². The summed E-state index contributed by atoms with van der Waals surface area (Å²) in [7, 11) is 3.31. The quantitative estimate of drug-likeness (QED) is 0.704. The highest BCUT2D eigenvalue weighted by Crippen LogP contribution is 2.35. The Hall–Kier alpha value is -2.42. The van der Waals surface area contributed by atoms with E-state index in [0.29, 0.717) is 0 Å². The van der Waals surface area contributed by atoms with Gasteiger partial charge in [-0.3, -0.25) is 0 Å². The summed E-state index contributed by atoms with van der Waals surface area (Å²) in [6.45, 7) is 2.07. The van der Waals surface area contributed by atoms with Gasteiger partial charge in [0, 0.05) is 22.6 Å². The molecule has 0 bridgehead atoms. The molecule has 0 amide bonds. The largest absolute Gasteiger partial charge is 0.497 e. The summed E-state index contributed by atoms with van der Waals surface area (Å²) in [5, 5.41) is 1.11. The van der Waals surface area contributed by atoms with Crippen molar-refractivity contribution in [3.63, 3.8) is 0 Å². The third-order valence-corrected chi connectivity index (χ3v) is 3.50. The maximum Gasteiger partial charge on any atom is 0.138 e. The molecule has 0 unspecified atom stereocenters. The first kappa shape index (κ1) is 12.6. The van der Waals surface area contributed by atoms with Gasteiger partial charge in [-0.05, 0) is 43.3 Å². The molecule has 0 saturated heterocycles. The van der Waals surface area contributed by atoms with Crippen LogP contribution in [0.3, 0.4) is 0 Å². The van der Waals surface area contributed by atoms with Crippen LogP contribution in [-0.2, 0) is 0 Å². The van der Waals surface area contributed by atoms with Gasteiger partial charge >= 0.3 is 0 Å². The highest BCUT2D eigenvalue weighted by molar-refractivity contribution is 5.88. The summed E-state index contributed by atoms with van der Waals surface area (Å²) in [4.78, 5) is 0. The second-order valence-corrected chi connectivity index (χ2v) is 4.65. The number of hydrogen-bond acceptors (Lipinski definition) is 3. The Labute approximate surface area is 117 Å². The number of rotatable bonds is 3. The zero-order valence-electron chi connectivity index (χ0n) is 11.8. The molecule has 0 atom stereocenters. The van der Waals surface area contributed by atoms with E-state index in [-0.39, 0.29) is 0 Å². The summed E-state index contributed by atoms with van der Waals surface area (Å²) in [5.74, 6) is 2.52. The highest BCUT2D eigenvalue weighted by atomic mass is 16.5. The first-order chi connectivity index (χ1) is 9.72. The Morgan fingerprint density at radius 2 is 1.50 bits per heavy atom. The lowest BCUT2D eigenvalue weighted by molar-refractivity contribution is 0.414. The van der Waals surface area contributed by atoms with Crippen LogP contribution in [0.25, 0.3) is 22.3 Å². The average Bonchev–Trinajstić information content (AvgIpc) is 2.84. The summed E-state index contributed by atoms with van der Waals surface area (Å²) in [6.07, 6.45) is 0. The van der Waals surface area contributed by atoms with Crippen molar-refractivity contribution >= 4 is 11.0 Å². The lowest BCUT2D eigenvalue weighted by Gasteiger charge is -2.01. The molecule has 0 aliphatic rings. The van der Waals surface area contributed by atoms with E-state index in [9.17, 15) is 0 Å². The molecule has 3 aromatic rings. The molecule has 0 fully saturated rings. The second-order valence-electron chi connectivity index (χ2n) is 4.65. The van der Waals surface area contributed by atoms with E-state index in [0.717, 1.165) is 39.4 Å². The van der Waals surface area contributed by atoms with Gasteiger partial charge in [-0.25, -0.2) is 0 Å². The van der Waals surface area contributed by atoms with Crippen LogP contribution in [0.4, 0.5) is 0 Å². The molecule has 102 valence electrons. The van der Waals surface area contributed by atoms with Crippen molar-refractivity contribution in [3.8, 4) is 22.8 Å². The predicted octanol–water partition coefficient (Wildman–Crippen LogP) is 4.43. The van der Waals surface area contributed by atoms with Gasteiger partial charge < -0.3 is 13.9 Å². The van der Waals surface area contributed by atoms with Crippen LogP contribution < -0.4 is 9.47 Å². The minimum atomic E-state index is 0.799. The maximum atomic E-state index is 5.98. The van der Waals surface area contributed by atoms with E-state index in [1.807, 2.05) is 42.5 Å². The molecule has 0 aliphatic heterocycles. The van der Waals surface area contributed by atoms with Crippen molar-refractivity contribution in [2.75, 3.05) is 14.2 Å². The van der Waals surface area contributed by atoms with Crippen molar-refractivity contribution < 1.29 is 13.9 Å². The number of aryl methyl sites for hydroxylation is 1. The fraction of sp³-hybridized carbons (Fsp3) is 0.176. The van der Waals surface area contributed by atoms with Gasteiger partial charge in [0.15, 0.2) is 0 Å². The van der Waals surface area contributed by atoms with Crippen LogP contribution in [0.15, 0.2) is 46.9 Å². The van der Waals surface area contributed by atoms with E-state index >= 15 is 0 Å². The van der Waals surface area contributed by atoms with Crippen LogP contribution >= 0.6 is 0 Å². The summed E-state index contributed by atoms with van der Waals surface area (Å²) in [6, 6.07) is 13.8. The first-order valence-corrected chi connectivity index (χ1v) is 6.44. The van der Waals surface area contributed by atoms with Gasteiger partial charge in [-0.2, -0.15) is 0 Å². The number of fused-ring (bicyclic) bond motifs is 1. The molecule has 0 saturated carbocycles. The summed E-state index contributed by atoms with van der Waals surface area (Å²) in [5.41, 5.74) is 3.01. The van der Waals surface area contributed by atoms with E-state index in [1.165, 1.54) is 0 Å². The predicted molar refractivity (Wildman–Crippen MR) is 79.5 cm³/mol. The summed E-state index contributed by atoms with van der Waals surface area (Å²) >= 11 is 0. The van der Waals surface area contributed by atoms with E-state index in [2.05, 4.69) is 6.92 Å². The smallest absolute Gasteiger partial charge is 0.138 e. The van der Waals surface area contributed by atoms with Crippen LogP contribution in [0.2, 0.25) is 0 Å². The van der Waals surface area contributed by atoms with Crippen LogP contribution in [0, 0.1) is 6.92 Å². The average molecular weight is 268 g/mol. The Balaban J connectivity index is 2.12.